The van der Waals surface area contributed by atoms with E-state index >= 15 is 0 Å². The molecule has 1 fully saturated rings. The van der Waals surface area contributed by atoms with E-state index in [1.807, 2.05) is 18.2 Å². The number of hydrogen-bond acceptors (Lipinski definition) is 6. The van der Waals surface area contributed by atoms with Gasteiger partial charge in [-0.2, -0.15) is 0 Å². The van der Waals surface area contributed by atoms with E-state index in [2.05, 4.69) is 47.1 Å². The molecule has 0 aliphatic carbocycles. The Balaban J connectivity index is 0.00000363. The molecule has 1 saturated heterocycles. The van der Waals surface area contributed by atoms with Gasteiger partial charge in [0.15, 0.2) is 17.5 Å². The maximum absolute atomic E-state index is 5.48. The van der Waals surface area contributed by atoms with E-state index in [1.54, 1.807) is 20.5 Å². The third-order valence-corrected chi connectivity index (χ3v) is 5.67. The first-order chi connectivity index (χ1) is 15.0. The van der Waals surface area contributed by atoms with Gasteiger partial charge in [0.25, 0.3) is 0 Å². The molecule has 1 aliphatic rings. The second-order valence-electron chi connectivity index (χ2n) is 8.38. The van der Waals surface area contributed by atoms with Gasteiger partial charge in [-0.3, -0.25) is 9.89 Å². The maximum atomic E-state index is 5.48. The SMILES string of the molecule is CCNC(=NCC(C)(C)c1ccc(OC)c(OC)c1)N1CCN(Cc2ccon2)CC1.I. The van der Waals surface area contributed by atoms with Crippen LogP contribution in [0.15, 0.2) is 40.0 Å². The van der Waals surface area contributed by atoms with Crippen LogP contribution in [0.2, 0.25) is 0 Å². The standard InChI is InChI=1S/C23H35N5O3.HI/c1-6-24-22(28-12-10-27(11-13-28)16-19-9-14-31-26-19)25-17-23(2,3)18-7-8-20(29-4)21(15-18)30-5;/h7-9,14-15H,6,10-13,16-17H2,1-5H3,(H,24,25);1H. The van der Waals surface area contributed by atoms with Gasteiger partial charge in [-0.15, -0.1) is 24.0 Å². The number of aromatic nitrogens is 1. The predicted octanol–water partition coefficient (Wildman–Crippen LogP) is 3.37. The highest BCUT2D eigenvalue weighted by Gasteiger charge is 2.24. The quantitative estimate of drug-likeness (QED) is 0.303. The summed E-state index contributed by atoms with van der Waals surface area (Å²) in [6.45, 7) is 12.7. The van der Waals surface area contributed by atoms with Gasteiger partial charge in [0.1, 0.15) is 6.26 Å². The molecular formula is C23H36IN5O3. The van der Waals surface area contributed by atoms with Crippen molar-refractivity contribution in [2.24, 2.45) is 4.99 Å². The second kappa shape index (κ2) is 12.3. The van der Waals surface area contributed by atoms with E-state index in [1.165, 1.54) is 5.56 Å². The first-order valence-electron chi connectivity index (χ1n) is 10.8. The number of methoxy groups -OCH3 is 2. The van der Waals surface area contributed by atoms with Gasteiger partial charge in [0.05, 0.1) is 26.5 Å². The molecule has 3 rings (SSSR count). The minimum absolute atomic E-state index is 0. The molecule has 1 aromatic carbocycles. The summed E-state index contributed by atoms with van der Waals surface area (Å²) in [5.41, 5.74) is 2.00. The van der Waals surface area contributed by atoms with Crippen LogP contribution in [-0.2, 0) is 12.0 Å². The number of ether oxygens (including phenoxy) is 2. The number of benzene rings is 1. The zero-order valence-electron chi connectivity index (χ0n) is 19.8. The van der Waals surface area contributed by atoms with Crippen LogP contribution in [0, 0.1) is 0 Å². The Morgan fingerprint density at radius 2 is 1.84 bits per heavy atom. The number of nitrogens with one attached hydrogen (secondary N) is 1. The molecule has 32 heavy (non-hydrogen) atoms. The molecule has 0 spiro atoms. The summed E-state index contributed by atoms with van der Waals surface area (Å²) >= 11 is 0. The highest BCUT2D eigenvalue weighted by Crippen LogP contribution is 2.33. The summed E-state index contributed by atoms with van der Waals surface area (Å²) in [7, 11) is 3.32. The number of halogens is 1. The van der Waals surface area contributed by atoms with Gasteiger partial charge in [0, 0.05) is 50.7 Å². The molecule has 1 aromatic heterocycles. The van der Waals surface area contributed by atoms with Crippen molar-refractivity contribution < 1.29 is 14.0 Å². The van der Waals surface area contributed by atoms with Gasteiger partial charge < -0.3 is 24.2 Å². The van der Waals surface area contributed by atoms with Crippen molar-refractivity contribution in [1.29, 1.82) is 0 Å². The number of rotatable bonds is 8. The Bertz CT molecular complexity index is 849. The van der Waals surface area contributed by atoms with E-state index in [0.29, 0.717) is 6.54 Å². The molecular weight excluding hydrogens is 521 g/mol. The van der Waals surface area contributed by atoms with Crippen LogP contribution >= 0.6 is 24.0 Å². The molecule has 1 aliphatic heterocycles. The van der Waals surface area contributed by atoms with E-state index in [0.717, 1.165) is 62.4 Å². The zero-order valence-corrected chi connectivity index (χ0v) is 22.1. The Morgan fingerprint density at radius 3 is 2.44 bits per heavy atom. The molecule has 0 radical (unpaired) electrons. The highest BCUT2D eigenvalue weighted by molar-refractivity contribution is 14.0. The molecule has 2 aromatic rings. The maximum Gasteiger partial charge on any atom is 0.194 e. The molecule has 8 nitrogen and oxygen atoms in total. The van der Waals surface area contributed by atoms with Gasteiger partial charge in [0.2, 0.25) is 0 Å². The van der Waals surface area contributed by atoms with Crippen LogP contribution in [0.3, 0.4) is 0 Å². The fourth-order valence-corrected chi connectivity index (χ4v) is 3.71. The van der Waals surface area contributed by atoms with Gasteiger partial charge in [-0.05, 0) is 24.6 Å². The van der Waals surface area contributed by atoms with E-state index in [9.17, 15) is 0 Å². The van der Waals surface area contributed by atoms with Crippen LogP contribution in [-0.4, -0.2) is 74.4 Å². The fourth-order valence-electron chi connectivity index (χ4n) is 3.71. The fraction of sp³-hybridized carbons (Fsp3) is 0.565. The Kier molecular flexibility index (Phi) is 10.1. The lowest BCUT2D eigenvalue weighted by Gasteiger charge is -2.36. The van der Waals surface area contributed by atoms with Crippen LogP contribution in [0.4, 0.5) is 0 Å². The monoisotopic (exact) mass is 557 g/mol. The van der Waals surface area contributed by atoms with Crippen molar-refractivity contribution in [2.45, 2.75) is 32.7 Å². The summed E-state index contributed by atoms with van der Waals surface area (Å²) in [4.78, 5) is 9.73. The molecule has 0 bridgehead atoms. The Morgan fingerprint density at radius 1 is 1.12 bits per heavy atom. The first-order valence-corrected chi connectivity index (χ1v) is 10.8. The number of piperazine rings is 1. The smallest absolute Gasteiger partial charge is 0.194 e. The summed E-state index contributed by atoms with van der Waals surface area (Å²) in [5, 5.41) is 7.48. The molecule has 0 unspecified atom stereocenters. The third-order valence-electron chi connectivity index (χ3n) is 5.67. The Labute approximate surface area is 208 Å². The first kappa shape index (κ1) is 26.2. The lowest BCUT2D eigenvalue weighted by atomic mass is 9.84. The van der Waals surface area contributed by atoms with Gasteiger partial charge in [-0.1, -0.05) is 25.1 Å². The Hall–Kier alpha value is -2.01. The predicted molar refractivity (Wildman–Crippen MR) is 137 cm³/mol. The average Bonchev–Trinajstić information content (AvgIpc) is 3.29. The van der Waals surface area contributed by atoms with Gasteiger partial charge in [-0.25, -0.2) is 0 Å². The molecule has 0 amide bonds. The zero-order chi connectivity index (χ0) is 22.3. The van der Waals surface area contributed by atoms with Crippen molar-refractivity contribution in [3.8, 4) is 11.5 Å². The van der Waals surface area contributed by atoms with Crippen molar-refractivity contribution in [3.63, 3.8) is 0 Å². The van der Waals surface area contributed by atoms with Crippen LogP contribution in [0.5, 0.6) is 11.5 Å². The minimum Gasteiger partial charge on any atom is -0.493 e. The summed E-state index contributed by atoms with van der Waals surface area (Å²) in [5.74, 6) is 2.45. The topological polar surface area (TPSA) is 75.4 Å². The summed E-state index contributed by atoms with van der Waals surface area (Å²) in [6, 6.07) is 8.02. The molecule has 2 heterocycles. The summed E-state index contributed by atoms with van der Waals surface area (Å²) in [6.07, 6.45) is 1.63. The van der Waals surface area contributed by atoms with E-state index in [-0.39, 0.29) is 29.4 Å². The normalized spacial score (nSPS) is 15.3. The minimum atomic E-state index is -0.144. The van der Waals surface area contributed by atoms with Crippen molar-refractivity contribution in [1.82, 2.24) is 20.3 Å². The van der Waals surface area contributed by atoms with E-state index in [4.69, 9.17) is 19.0 Å². The summed E-state index contributed by atoms with van der Waals surface area (Å²) < 4.78 is 15.8. The van der Waals surface area contributed by atoms with Crippen LogP contribution in [0.1, 0.15) is 32.0 Å². The molecule has 1 N–H and O–H groups in total. The number of guanidine groups is 1. The van der Waals surface area contributed by atoms with Gasteiger partial charge >= 0.3 is 0 Å². The number of hydrogen-bond donors (Lipinski definition) is 1. The third kappa shape index (κ3) is 6.74. The van der Waals surface area contributed by atoms with Crippen molar-refractivity contribution in [3.05, 3.63) is 41.8 Å². The number of nitrogens with zero attached hydrogens (tertiary/aromatic N) is 4. The molecule has 0 atom stereocenters. The lowest BCUT2D eigenvalue weighted by molar-refractivity contribution is 0.169. The molecule has 0 saturated carbocycles. The van der Waals surface area contributed by atoms with Crippen molar-refractivity contribution >= 4 is 29.9 Å². The van der Waals surface area contributed by atoms with Crippen molar-refractivity contribution in [2.75, 3.05) is 53.5 Å². The van der Waals surface area contributed by atoms with Crippen LogP contribution < -0.4 is 14.8 Å². The average molecular weight is 557 g/mol. The van der Waals surface area contributed by atoms with Crippen LogP contribution in [0.25, 0.3) is 0 Å². The second-order valence-corrected chi connectivity index (χ2v) is 8.38. The lowest BCUT2D eigenvalue weighted by Crippen LogP contribution is -2.52. The highest BCUT2D eigenvalue weighted by atomic mass is 127. The molecule has 9 heteroatoms. The molecule has 178 valence electrons. The number of aliphatic imine (C=N–C) groups is 1. The largest absolute Gasteiger partial charge is 0.493 e. The van der Waals surface area contributed by atoms with E-state index < -0.39 is 0 Å².